The van der Waals surface area contributed by atoms with Crippen LogP contribution in [0.25, 0.3) is 22.2 Å². The van der Waals surface area contributed by atoms with Crippen molar-refractivity contribution in [1.82, 2.24) is 15.2 Å². The Morgan fingerprint density at radius 3 is 2.91 bits per heavy atom. The highest BCUT2D eigenvalue weighted by molar-refractivity contribution is 6.37. The molecule has 0 radical (unpaired) electrons. The molecule has 0 amide bonds. The summed E-state index contributed by atoms with van der Waals surface area (Å²) in [5, 5.41) is 20.4. The number of hydrogen-bond acceptors (Lipinski definition) is 5. The summed E-state index contributed by atoms with van der Waals surface area (Å²) in [4.78, 5) is 4.35. The average molecular weight is 318 g/mol. The molecule has 0 saturated heterocycles. The lowest BCUT2D eigenvalue weighted by atomic mass is 10.1. The maximum absolute atomic E-state index is 8.90. The Morgan fingerprint density at radius 1 is 1.32 bits per heavy atom. The lowest BCUT2D eigenvalue weighted by molar-refractivity contribution is 0.292. The zero-order chi connectivity index (χ0) is 15.5. The third-order valence-corrected chi connectivity index (χ3v) is 3.77. The summed E-state index contributed by atoms with van der Waals surface area (Å²) in [5.41, 5.74) is 9.18. The van der Waals surface area contributed by atoms with Gasteiger partial charge in [-0.15, -0.1) is 0 Å². The average Bonchev–Trinajstić information content (AvgIpc) is 3.05. The number of nitrogens with zero attached hydrogens (tertiary/aromatic N) is 2. The molecule has 114 valence electrons. The highest BCUT2D eigenvalue weighted by atomic mass is 35.5. The SMILES string of the molecule is Nc1nc2cc(-c3cc[nH]n3)ccc2c(NCCCO)c1Cl. The monoisotopic (exact) mass is 317 g/mol. The van der Waals surface area contributed by atoms with Crippen LogP contribution in [0.4, 0.5) is 11.5 Å². The first-order valence-electron chi connectivity index (χ1n) is 6.94. The maximum atomic E-state index is 8.90. The van der Waals surface area contributed by atoms with Gasteiger partial charge in [0.25, 0.3) is 0 Å². The fourth-order valence-corrected chi connectivity index (χ4v) is 2.52. The van der Waals surface area contributed by atoms with Gasteiger partial charge in [-0.25, -0.2) is 4.98 Å². The minimum absolute atomic E-state index is 0.117. The number of aliphatic hydroxyl groups is 1. The van der Waals surface area contributed by atoms with Gasteiger partial charge in [-0.05, 0) is 24.6 Å². The van der Waals surface area contributed by atoms with E-state index in [1.54, 1.807) is 6.20 Å². The Balaban J connectivity index is 2.08. The molecule has 0 aliphatic rings. The second-order valence-electron chi connectivity index (χ2n) is 4.88. The van der Waals surface area contributed by atoms with Gasteiger partial charge in [-0.1, -0.05) is 17.7 Å². The van der Waals surface area contributed by atoms with Crippen LogP contribution >= 0.6 is 11.6 Å². The van der Waals surface area contributed by atoms with Gasteiger partial charge >= 0.3 is 0 Å². The van der Waals surface area contributed by atoms with Crippen LogP contribution in [0.1, 0.15) is 6.42 Å². The first kappa shape index (κ1) is 14.6. The summed E-state index contributed by atoms with van der Waals surface area (Å²) in [6.45, 7) is 0.725. The third kappa shape index (κ3) is 2.70. The van der Waals surface area contributed by atoms with Crippen LogP contribution in [0.3, 0.4) is 0 Å². The first-order chi connectivity index (χ1) is 10.7. The summed E-state index contributed by atoms with van der Waals surface area (Å²) in [7, 11) is 0. The van der Waals surface area contributed by atoms with Crippen molar-refractivity contribution < 1.29 is 5.11 Å². The largest absolute Gasteiger partial charge is 0.396 e. The summed E-state index contributed by atoms with van der Waals surface area (Å²) < 4.78 is 0. The number of aromatic nitrogens is 3. The van der Waals surface area contributed by atoms with Crippen LogP contribution in [0.2, 0.25) is 5.02 Å². The van der Waals surface area contributed by atoms with E-state index in [2.05, 4.69) is 20.5 Å². The van der Waals surface area contributed by atoms with Crippen LogP contribution < -0.4 is 11.1 Å². The third-order valence-electron chi connectivity index (χ3n) is 3.39. The molecule has 0 bridgehead atoms. The Hall–Kier alpha value is -2.31. The molecule has 2 aromatic heterocycles. The normalized spacial score (nSPS) is 11.0. The summed E-state index contributed by atoms with van der Waals surface area (Å²) in [6.07, 6.45) is 2.40. The number of nitrogens with two attached hydrogens (primary N) is 1. The molecular weight excluding hydrogens is 302 g/mol. The highest BCUT2D eigenvalue weighted by Gasteiger charge is 2.12. The highest BCUT2D eigenvalue weighted by Crippen LogP contribution is 2.35. The number of rotatable bonds is 5. The number of nitrogens with one attached hydrogen (secondary N) is 2. The molecule has 3 aromatic rings. The van der Waals surface area contributed by atoms with Gasteiger partial charge in [0, 0.05) is 30.3 Å². The van der Waals surface area contributed by atoms with Crippen LogP contribution in [0.5, 0.6) is 0 Å². The Morgan fingerprint density at radius 2 is 2.18 bits per heavy atom. The molecule has 0 aliphatic carbocycles. The lowest BCUT2D eigenvalue weighted by Crippen LogP contribution is -2.06. The molecule has 22 heavy (non-hydrogen) atoms. The van der Waals surface area contributed by atoms with Crippen molar-refractivity contribution in [1.29, 1.82) is 0 Å². The van der Waals surface area contributed by atoms with Crippen molar-refractivity contribution in [2.75, 3.05) is 24.2 Å². The zero-order valence-electron chi connectivity index (χ0n) is 11.8. The van der Waals surface area contributed by atoms with Crippen molar-refractivity contribution in [3.8, 4) is 11.3 Å². The number of anilines is 2. The molecule has 5 N–H and O–H groups in total. The minimum Gasteiger partial charge on any atom is -0.396 e. The van der Waals surface area contributed by atoms with Gasteiger partial charge in [0.15, 0.2) is 0 Å². The molecule has 6 nitrogen and oxygen atoms in total. The number of H-pyrrole nitrogens is 1. The standard InChI is InChI=1S/C15H16ClN5O/c16-13-14(18-5-1-7-22)10-3-2-9(11-4-6-19-21-11)8-12(10)20-15(13)17/h2-4,6,8,22H,1,5,7H2,(H,19,21)(H3,17,18,20). The second-order valence-corrected chi connectivity index (χ2v) is 5.26. The van der Waals surface area contributed by atoms with Gasteiger partial charge in [-0.2, -0.15) is 5.10 Å². The summed E-state index contributed by atoms with van der Waals surface area (Å²) in [5.74, 6) is 0.278. The number of halogens is 1. The predicted octanol–water partition coefficient (Wildman–Crippen LogP) is 2.65. The van der Waals surface area contributed by atoms with E-state index >= 15 is 0 Å². The van der Waals surface area contributed by atoms with Crippen molar-refractivity contribution in [3.05, 3.63) is 35.5 Å². The number of hydrogen-bond donors (Lipinski definition) is 4. The van der Waals surface area contributed by atoms with Crippen molar-refractivity contribution in [2.45, 2.75) is 6.42 Å². The van der Waals surface area contributed by atoms with Gasteiger partial charge in [0.05, 0.1) is 16.9 Å². The second kappa shape index (κ2) is 6.21. The minimum atomic E-state index is 0.117. The number of fused-ring (bicyclic) bond motifs is 1. The molecular formula is C15H16ClN5O. The summed E-state index contributed by atoms with van der Waals surface area (Å²) >= 11 is 6.26. The quantitative estimate of drug-likeness (QED) is 0.542. The fraction of sp³-hybridized carbons (Fsp3) is 0.200. The van der Waals surface area contributed by atoms with Gasteiger partial charge in [0.2, 0.25) is 0 Å². The van der Waals surface area contributed by atoms with E-state index in [1.165, 1.54) is 0 Å². The van der Waals surface area contributed by atoms with E-state index in [0.29, 0.717) is 18.0 Å². The number of pyridine rings is 1. The molecule has 0 unspecified atom stereocenters. The van der Waals surface area contributed by atoms with Gasteiger partial charge in [-0.3, -0.25) is 5.10 Å². The molecule has 2 heterocycles. The van der Waals surface area contributed by atoms with Crippen LogP contribution in [0, 0.1) is 0 Å². The van der Waals surface area contributed by atoms with Crippen molar-refractivity contribution in [3.63, 3.8) is 0 Å². The molecule has 0 aliphatic heterocycles. The number of benzene rings is 1. The number of aliphatic hydroxyl groups excluding tert-OH is 1. The molecule has 7 heteroatoms. The number of nitrogen functional groups attached to an aromatic ring is 1. The van der Waals surface area contributed by atoms with Crippen LogP contribution in [-0.4, -0.2) is 33.4 Å². The molecule has 0 fully saturated rings. The summed E-state index contributed by atoms with van der Waals surface area (Å²) in [6, 6.07) is 7.72. The molecule has 0 atom stereocenters. The Bertz CT molecular complexity index is 788. The van der Waals surface area contributed by atoms with Gasteiger partial charge in [0.1, 0.15) is 10.8 Å². The van der Waals surface area contributed by atoms with Crippen molar-refractivity contribution >= 4 is 34.0 Å². The predicted molar refractivity (Wildman–Crippen MR) is 88.9 cm³/mol. The molecule has 0 spiro atoms. The Labute approximate surface area is 132 Å². The van der Waals surface area contributed by atoms with Crippen LogP contribution in [0.15, 0.2) is 30.5 Å². The zero-order valence-corrected chi connectivity index (χ0v) is 12.6. The van der Waals surface area contributed by atoms with E-state index < -0.39 is 0 Å². The van der Waals surface area contributed by atoms with E-state index in [9.17, 15) is 0 Å². The van der Waals surface area contributed by atoms with Crippen LogP contribution in [-0.2, 0) is 0 Å². The molecule has 1 aromatic carbocycles. The molecule has 0 saturated carbocycles. The van der Waals surface area contributed by atoms with E-state index in [0.717, 1.165) is 27.8 Å². The smallest absolute Gasteiger partial charge is 0.145 e. The van der Waals surface area contributed by atoms with E-state index in [-0.39, 0.29) is 12.4 Å². The molecule has 3 rings (SSSR count). The fourth-order valence-electron chi connectivity index (χ4n) is 2.31. The van der Waals surface area contributed by atoms with E-state index in [4.69, 9.17) is 22.4 Å². The van der Waals surface area contributed by atoms with E-state index in [1.807, 2.05) is 24.3 Å². The number of aromatic amines is 1. The first-order valence-corrected chi connectivity index (χ1v) is 7.32. The Kier molecular flexibility index (Phi) is 4.13. The lowest BCUT2D eigenvalue weighted by Gasteiger charge is -2.13. The van der Waals surface area contributed by atoms with Gasteiger partial charge < -0.3 is 16.2 Å². The topological polar surface area (TPSA) is 99.9 Å². The maximum Gasteiger partial charge on any atom is 0.145 e. The van der Waals surface area contributed by atoms with Crippen molar-refractivity contribution in [2.24, 2.45) is 0 Å².